The topological polar surface area (TPSA) is 67.2 Å². The van der Waals surface area contributed by atoms with E-state index in [-0.39, 0.29) is 16.6 Å². The molecule has 1 aromatic rings. The van der Waals surface area contributed by atoms with Crippen LogP contribution in [0.1, 0.15) is 32.1 Å². The molecule has 2 atom stereocenters. The molecule has 2 unspecified atom stereocenters. The van der Waals surface area contributed by atoms with E-state index in [0.717, 1.165) is 32.1 Å². The highest BCUT2D eigenvalue weighted by Gasteiger charge is 2.22. The number of aliphatic hydroxyl groups excluding tert-OH is 1. The molecule has 0 aromatic carbocycles. The number of hydrogen-bond donors (Lipinski definition) is 2. The van der Waals surface area contributed by atoms with Gasteiger partial charge in [-0.1, -0.05) is 30.9 Å². The van der Waals surface area contributed by atoms with Gasteiger partial charge in [-0.2, -0.15) is 5.10 Å². The minimum atomic E-state index is -0.396. The molecule has 100 valence electrons. The smallest absolute Gasteiger partial charge is 0.287 e. The molecule has 0 amide bonds. The van der Waals surface area contributed by atoms with Gasteiger partial charge in [0.05, 0.1) is 24.0 Å². The summed E-state index contributed by atoms with van der Waals surface area (Å²) in [7, 11) is 1.55. The zero-order chi connectivity index (χ0) is 13.1. The molecular weight excluding hydrogens is 254 g/mol. The third kappa shape index (κ3) is 2.84. The van der Waals surface area contributed by atoms with Gasteiger partial charge in [0, 0.05) is 7.05 Å². The van der Waals surface area contributed by atoms with Gasteiger partial charge in [-0.05, 0) is 12.8 Å². The van der Waals surface area contributed by atoms with Crippen LogP contribution in [0.5, 0.6) is 0 Å². The summed E-state index contributed by atoms with van der Waals surface area (Å²) in [5.41, 5.74) is 0.176. The van der Waals surface area contributed by atoms with E-state index in [2.05, 4.69) is 10.4 Å². The fraction of sp³-hybridized carbons (Fsp3) is 0.667. The lowest BCUT2D eigenvalue weighted by molar-refractivity contribution is 0.144. The Bertz CT molecular complexity index is 475. The normalized spacial score (nSPS) is 24.6. The molecule has 6 heteroatoms. The van der Waals surface area contributed by atoms with Crippen molar-refractivity contribution in [2.24, 2.45) is 7.05 Å². The minimum absolute atomic E-state index is 0.0566. The second-order valence-corrected chi connectivity index (χ2v) is 5.14. The lowest BCUT2D eigenvalue weighted by Gasteiger charge is -2.23. The number of rotatable bonds is 2. The number of hydrogen-bond acceptors (Lipinski definition) is 4. The van der Waals surface area contributed by atoms with Gasteiger partial charge in [-0.15, -0.1) is 0 Å². The lowest BCUT2D eigenvalue weighted by Crippen LogP contribution is -2.33. The number of nitrogens with one attached hydrogen (secondary N) is 1. The number of aromatic nitrogens is 2. The van der Waals surface area contributed by atoms with Gasteiger partial charge in [-0.25, -0.2) is 4.68 Å². The average molecular weight is 272 g/mol. The molecule has 18 heavy (non-hydrogen) atoms. The van der Waals surface area contributed by atoms with Crippen molar-refractivity contribution in [3.63, 3.8) is 0 Å². The summed E-state index contributed by atoms with van der Waals surface area (Å²) in [4.78, 5) is 11.6. The van der Waals surface area contributed by atoms with Crippen molar-refractivity contribution in [1.29, 1.82) is 0 Å². The molecule has 1 aromatic heterocycles. The Kier molecular flexibility index (Phi) is 4.24. The third-order valence-electron chi connectivity index (χ3n) is 3.40. The van der Waals surface area contributed by atoms with Crippen molar-refractivity contribution < 1.29 is 5.11 Å². The first-order chi connectivity index (χ1) is 8.59. The van der Waals surface area contributed by atoms with Crippen LogP contribution in [-0.2, 0) is 7.05 Å². The van der Waals surface area contributed by atoms with Gasteiger partial charge in [0.1, 0.15) is 5.02 Å². The van der Waals surface area contributed by atoms with E-state index >= 15 is 0 Å². The van der Waals surface area contributed by atoms with Gasteiger partial charge < -0.3 is 10.4 Å². The number of halogens is 1. The molecule has 0 saturated heterocycles. The Hall–Kier alpha value is -1.07. The molecule has 5 nitrogen and oxygen atoms in total. The monoisotopic (exact) mass is 271 g/mol. The number of anilines is 1. The van der Waals surface area contributed by atoms with Crippen LogP contribution in [0.25, 0.3) is 0 Å². The Morgan fingerprint density at radius 2 is 2.17 bits per heavy atom. The summed E-state index contributed by atoms with van der Waals surface area (Å²) >= 11 is 5.99. The van der Waals surface area contributed by atoms with Crippen LogP contribution in [0.4, 0.5) is 5.69 Å². The van der Waals surface area contributed by atoms with Gasteiger partial charge in [0.25, 0.3) is 5.56 Å². The van der Waals surface area contributed by atoms with Crippen LogP contribution in [0.3, 0.4) is 0 Å². The molecule has 0 spiro atoms. The van der Waals surface area contributed by atoms with Gasteiger partial charge in [0.2, 0.25) is 0 Å². The van der Waals surface area contributed by atoms with Crippen LogP contribution < -0.4 is 10.9 Å². The molecule has 2 N–H and O–H groups in total. The highest BCUT2D eigenvalue weighted by Crippen LogP contribution is 2.23. The number of aliphatic hydroxyl groups is 1. The minimum Gasteiger partial charge on any atom is -0.391 e. The van der Waals surface area contributed by atoms with Gasteiger partial charge in [0.15, 0.2) is 0 Å². The summed E-state index contributed by atoms with van der Waals surface area (Å²) < 4.78 is 1.19. The molecule has 1 heterocycles. The van der Waals surface area contributed by atoms with Crippen molar-refractivity contribution in [2.75, 3.05) is 5.32 Å². The van der Waals surface area contributed by atoms with Crippen LogP contribution in [-0.4, -0.2) is 27.0 Å². The molecule has 0 aliphatic heterocycles. The molecule has 0 radical (unpaired) electrons. The van der Waals surface area contributed by atoms with E-state index in [1.54, 1.807) is 7.05 Å². The highest BCUT2D eigenvalue weighted by molar-refractivity contribution is 6.32. The lowest BCUT2D eigenvalue weighted by atomic mass is 10.1. The Morgan fingerprint density at radius 3 is 2.94 bits per heavy atom. The first kappa shape index (κ1) is 13.4. The Balaban J connectivity index is 2.18. The van der Waals surface area contributed by atoms with E-state index < -0.39 is 6.10 Å². The zero-order valence-corrected chi connectivity index (χ0v) is 11.2. The number of aryl methyl sites for hydroxylation is 1. The average Bonchev–Trinajstić information content (AvgIpc) is 2.56. The third-order valence-corrected chi connectivity index (χ3v) is 3.76. The second-order valence-electron chi connectivity index (χ2n) is 4.76. The van der Waals surface area contributed by atoms with E-state index in [4.69, 9.17) is 11.6 Å². The molecule has 1 fully saturated rings. The van der Waals surface area contributed by atoms with E-state index in [1.165, 1.54) is 10.9 Å². The van der Waals surface area contributed by atoms with E-state index in [1.807, 2.05) is 0 Å². The molecule has 1 aliphatic rings. The molecular formula is C12H18ClN3O2. The first-order valence-electron chi connectivity index (χ1n) is 6.26. The molecule has 1 aliphatic carbocycles. The van der Waals surface area contributed by atoms with Crippen molar-refractivity contribution >= 4 is 17.3 Å². The van der Waals surface area contributed by atoms with Crippen molar-refractivity contribution in [3.8, 4) is 0 Å². The zero-order valence-electron chi connectivity index (χ0n) is 10.4. The van der Waals surface area contributed by atoms with Crippen LogP contribution in [0.15, 0.2) is 11.0 Å². The quantitative estimate of drug-likeness (QED) is 0.801. The van der Waals surface area contributed by atoms with Crippen LogP contribution >= 0.6 is 11.6 Å². The maximum Gasteiger partial charge on any atom is 0.287 e. The highest BCUT2D eigenvalue weighted by atomic mass is 35.5. The van der Waals surface area contributed by atoms with Gasteiger partial charge in [-0.3, -0.25) is 4.79 Å². The molecule has 0 bridgehead atoms. The predicted molar refractivity (Wildman–Crippen MR) is 71.0 cm³/mol. The largest absolute Gasteiger partial charge is 0.391 e. The fourth-order valence-corrected chi connectivity index (χ4v) is 2.49. The maximum absolute atomic E-state index is 11.6. The van der Waals surface area contributed by atoms with Crippen molar-refractivity contribution in [2.45, 2.75) is 44.2 Å². The summed E-state index contributed by atoms with van der Waals surface area (Å²) in [5.74, 6) is 0. The van der Waals surface area contributed by atoms with Crippen molar-refractivity contribution in [1.82, 2.24) is 9.78 Å². The summed E-state index contributed by atoms with van der Waals surface area (Å²) in [5, 5.41) is 17.2. The number of nitrogens with zero attached hydrogens (tertiary/aromatic N) is 2. The summed E-state index contributed by atoms with van der Waals surface area (Å²) in [6.45, 7) is 0. The molecule has 2 rings (SSSR count). The summed E-state index contributed by atoms with van der Waals surface area (Å²) in [6.07, 6.45) is 6.05. The standard InChI is InChI=1S/C12H18ClN3O2/c1-16-12(18)11(13)9(7-14-16)15-8-5-3-2-4-6-10(8)17/h7-8,10,15,17H,2-6H2,1H3. The fourth-order valence-electron chi connectivity index (χ4n) is 2.27. The summed E-state index contributed by atoms with van der Waals surface area (Å²) in [6, 6.07) is -0.0566. The van der Waals surface area contributed by atoms with E-state index in [0.29, 0.717) is 5.69 Å². The van der Waals surface area contributed by atoms with E-state index in [9.17, 15) is 9.90 Å². The second kappa shape index (κ2) is 5.71. The Labute approximate surface area is 111 Å². The van der Waals surface area contributed by atoms with Crippen LogP contribution in [0, 0.1) is 0 Å². The van der Waals surface area contributed by atoms with Crippen molar-refractivity contribution in [3.05, 3.63) is 21.6 Å². The van der Waals surface area contributed by atoms with Crippen LogP contribution in [0.2, 0.25) is 5.02 Å². The predicted octanol–water partition coefficient (Wildman–Crippen LogP) is 1.54. The Morgan fingerprint density at radius 1 is 1.44 bits per heavy atom. The first-order valence-corrected chi connectivity index (χ1v) is 6.64. The maximum atomic E-state index is 11.6. The SMILES string of the molecule is Cn1ncc(NC2CCCCCC2O)c(Cl)c1=O. The molecule has 1 saturated carbocycles. The van der Waals surface area contributed by atoms with Gasteiger partial charge >= 0.3 is 0 Å².